The quantitative estimate of drug-likeness (QED) is 0.698. The van der Waals surface area contributed by atoms with Crippen molar-refractivity contribution in [1.29, 1.82) is 0 Å². The van der Waals surface area contributed by atoms with Gasteiger partial charge in [-0.25, -0.2) is 4.79 Å². The molecule has 0 fully saturated rings. The number of aryl methyl sites for hydroxylation is 2. The van der Waals surface area contributed by atoms with Crippen molar-refractivity contribution in [3.8, 4) is 0 Å². The minimum Gasteiger partial charge on any atom is -0.450 e. The van der Waals surface area contributed by atoms with E-state index in [0.717, 1.165) is 10.9 Å². The maximum atomic E-state index is 12.2. The molecular formula is C19H16ClNO4. The number of fused-ring (bicyclic) bond motifs is 1. The fourth-order valence-electron chi connectivity index (χ4n) is 2.42. The van der Waals surface area contributed by atoms with Gasteiger partial charge in [-0.1, -0.05) is 29.3 Å². The number of halogens is 1. The van der Waals surface area contributed by atoms with Crippen LogP contribution in [0.5, 0.6) is 0 Å². The van der Waals surface area contributed by atoms with Crippen LogP contribution in [0.2, 0.25) is 5.02 Å². The molecule has 0 bridgehead atoms. The first-order chi connectivity index (χ1) is 11.9. The van der Waals surface area contributed by atoms with Crippen molar-refractivity contribution in [3.05, 3.63) is 64.4 Å². The standard InChI is InChI=1S/C19H16ClNO4/c1-11-3-6-14(7-4-11)21-17(22)10-24-19(23)18-12(2)15-9-13(20)5-8-16(15)25-18/h3-9H,10H2,1-2H3,(H,21,22). The Labute approximate surface area is 149 Å². The number of carbonyl (C=O) groups excluding carboxylic acids is 2. The molecule has 3 aromatic rings. The van der Waals surface area contributed by atoms with Crippen molar-refractivity contribution in [2.24, 2.45) is 0 Å². The summed E-state index contributed by atoms with van der Waals surface area (Å²) in [5.74, 6) is -1.04. The number of amides is 1. The number of benzene rings is 2. The maximum absolute atomic E-state index is 12.2. The monoisotopic (exact) mass is 357 g/mol. The molecule has 0 aliphatic carbocycles. The molecule has 0 aliphatic heterocycles. The van der Waals surface area contributed by atoms with Gasteiger partial charge in [0.1, 0.15) is 5.58 Å². The Kier molecular flexibility index (Phi) is 4.76. The van der Waals surface area contributed by atoms with Crippen molar-refractivity contribution in [3.63, 3.8) is 0 Å². The summed E-state index contributed by atoms with van der Waals surface area (Å²) in [6.07, 6.45) is 0. The molecule has 25 heavy (non-hydrogen) atoms. The van der Waals surface area contributed by atoms with Crippen molar-refractivity contribution in [1.82, 2.24) is 0 Å². The summed E-state index contributed by atoms with van der Waals surface area (Å²) in [5.41, 5.74) is 2.89. The maximum Gasteiger partial charge on any atom is 0.375 e. The molecule has 1 aromatic heterocycles. The van der Waals surface area contributed by atoms with E-state index in [-0.39, 0.29) is 5.76 Å². The van der Waals surface area contributed by atoms with Gasteiger partial charge in [0.05, 0.1) is 0 Å². The molecule has 1 amide bonds. The SMILES string of the molecule is Cc1ccc(NC(=O)COC(=O)c2oc3ccc(Cl)cc3c2C)cc1. The van der Waals surface area contributed by atoms with Crippen LogP contribution in [0.25, 0.3) is 11.0 Å². The van der Waals surface area contributed by atoms with Gasteiger partial charge in [0.2, 0.25) is 5.76 Å². The van der Waals surface area contributed by atoms with E-state index in [1.54, 1.807) is 37.3 Å². The molecule has 0 spiro atoms. The van der Waals surface area contributed by atoms with Crippen LogP contribution >= 0.6 is 11.6 Å². The number of furan rings is 1. The third-order valence-corrected chi connectivity index (χ3v) is 3.99. The lowest BCUT2D eigenvalue weighted by molar-refractivity contribution is -0.119. The van der Waals surface area contributed by atoms with Crippen molar-refractivity contribution < 1.29 is 18.7 Å². The second kappa shape index (κ2) is 6.99. The largest absolute Gasteiger partial charge is 0.450 e. The summed E-state index contributed by atoms with van der Waals surface area (Å²) < 4.78 is 10.6. The number of nitrogens with one attached hydrogen (secondary N) is 1. The fourth-order valence-corrected chi connectivity index (χ4v) is 2.59. The zero-order valence-corrected chi connectivity index (χ0v) is 14.5. The summed E-state index contributed by atoms with van der Waals surface area (Å²) in [6.45, 7) is 3.30. The number of anilines is 1. The molecule has 2 aromatic carbocycles. The number of rotatable bonds is 4. The van der Waals surface area contributed by atoms with Gasteiger partial charge in [0.15, 0.2) is 6.61 Å². The van der Waals surface area contributed by atoms with Gasteiger partial charge >= 0.3 is 5.97 Å². The highest BCUT2D eigenvalue weighted by Gasteiger charge is 2.20. The number of hydrogen-bond donors (Lipinski definition) is 1. The minimum absolute atomic E-state index is 0.0698. The third-order valence-electron chi connectivity index (χ3n) is 3.75. The van der Waals surface area contributed by atoms with Crippen LogP contribution in [0.1, 0.15) is 21.7 Å². The van der Waals surface area contributed by atoms with E-state index in [2.05, 4.69) is 5.32 Å². The molecule has 0 radical (unpaired) electrons. The zero-order chi connectivity index (χ0) is 18.0. The van der Waals surface area contributed by atoms with Gasteiger partial charge < -0.3 is 14.5 Å². The molecule has 1 N–H and O–H groups in total. The molecule has 0 saturated carbocycles. The average Bonchev–Trinajstić information content (AvgIpc) is 2.91. The second-order valence-corrected chi connectivity index (χ2v) is 6.12. The molecule has 5 nitrogen and oxygen atoms in total. The fraction of sp³-hybridized carbons (Fsp3) is 0.158. The normalized spacial score (nSPS) is 10.7. The van der Waals surface area contributed by atoms with Crippen LogP contribution in [-0.4, -0.2) is 18.5 Å². The van der Waals surface area contributed by atoms with E-state index < -0.39 is 18.5 Å². The summed E-state index contributed by atoms with van der Waals surface area (Å²) in [7, 11) is 0. The topological polar surface area (TPSA) is 68.5 Å². The Bertz CT molecular complexity index is 944. The summed E-state index contributed by atoms with van der Waals surface area (Å²) in [4.78, 5) is 24.1. The average molecular weight is 358 g/mol. The third kappa shape index (κ3) is 3.83. The van der Waals surface area contributed by atoms with Crippen molar-refractivity contribution in [2.45, 2.75) is 13.8 Å². The first-order valence-electron chi connectivity index (χ1n) is 7.66. The summed E-state index contributed by atoms with van der Waals surface area (Å²) >= 11 is 5.96. The molecular weight excluding hydrogens is 342 g/mol. The van der Waals surface area contributed by atoms with Crippen LogP contribution in [0.3, 0.4) is 0 Å². The number of esters is 1. The molecule has 6 heteroatoms. The van der Waals surface area contributed by atoms with Gasteiger partial charge in [0.25, 0.3) is 5.91 Å². The summed E-state index contributed by atoms with van der Waals surface area (Å²) in [6, 6.07) is 12.4. The first kappa shape index (κ1) is 17.0. The Morgan fingerprint density at radius 3 is 2.56 bits per heavy atom. The Hall–Kier alpha value is -2.79. The lowest BCUT2D eigenvalue weighted by atomic mass is 10.1. The van der Waals surface area contributed by atoms with Gasteiger partial charge in [-0.3, -0.25) is 4.79 Å². The predicted molar refractivity (Wildman–Crippen MR) is 96.1 cm³/mol. The predicted octanol–water partition coefficient (Wildman–Crippen LogP) is 4.50. The Balaban J connectivity index is 1.65. The van der Waals surface area contributed by atoms with Crippen LogP contribution < -0.4 is 5.32 Å². The van der Waals surface area contributed by atoms with E-state index in [0.29, 0.717) is 21.9 Å². The van der Waals surface area contributed by atoms with Gasteiger partial charge in [-0.15, -0.1) is 0 Å². The highest BCUT2D eigenvalue weighted by atomic mass is 35.5. The lowest BCUT2D eigenvalue weighted by Gasteiger charge is -2.06. The van der Waals surface area contributed by atoms with Crippen LogP contribution in [-0.2, 0) is 9.53 Å². The van der Waals surface area contributed by atoms with Gasteiger partial charge in [-0.2, -0.15) is 0 Å². The molecule has 0 saturated heterocycles. The molecule has 0 aliphatic rings. The Morgan fingerprint density at radius 1 is 1.12 bits per heavy atom. The molecule has 3 rings (SSSR count). The number of carbonyl (C=O) groups is 2. The molecule has 0 unspecified atom stereocenters. The molecule has 128 valence electrons. The van der Waals surface area contributed by atoms with Crippen LogP contribution in [0.4, 0.5) is 5.69 Å². The van der Waals surface area contributed by atoms with Gasteiger partial charge in [-0.05, 0) is 44.2 Å². The number of hydrogen-bond acceptors (Lipinski definition) is 4. The van der Waals surface area contributed by atoms with Crippen molar-refractivity contribution >= 4 is 40.1 Å². The van der Waals surface area contributed by atoms with E-state index in [4.69, 9.17) is 20.8 Å². The molecule has 1 heterocycles. The Morgan fingerprint density at radius 2 is 1.84 bits per heavy atom. The molecule has 0 atom stereocenters. The highest BCUT2D eigenvalue weighted by Crippen LogP contribution is 2.28. The minimum atomic E-state index is -0.691. The first-order valence-corrected chi connectivity index (χ1v) is 8.04. The van der Waals surface area contributed by atoms with E-state index in [9.17, 15) is 9.59 Å². The summed E-state index contributed by atoms with van der Waals surface area (Å²) in [5, 5.41) is 3.95. The second-order valence-electron chi connectivity index (χ2n) is 5.69. The smallest absolute Gasteiger partial charge is 0.375 e. The van der Waals surface area contributed by atoms with Crippen LogP contribution in [0.15, 0.2) is 46.9 Å². The lowest BCUT2D eigenvalue weighted by Crippen LogP contribution is -2.21. The van der Waals surface area contributed by atoms with E-state index in [1.165, 1.54) is 0 Å². The van der Waals surface area contributed by atoms with Crippen LogP contribution in [0, 0.1) is 13.8 Å². The number of ether oxygens (including phenoxy) is 1. The van der Waals surface area contributed by atoms with E-state index >= 15 is 0 Å². The highest BCUT2D eigenvalue weighted by molar-refractivity contribution is 6.31. The van der Waals surface area contributed by atoms with E-state index in [1.807, 2.05) is 19.1 Å². The zero-order valence-electron chi connectivity index (χ0n) is 13.8. The van der Waals surface area contributed by atoms with Crippen molar-refractivity contribution in [2.75, 3.05) is 11.9 Å². The van der Waals surface area contributed by atoms with Gasteiger partial charge in [0, 0.05) is 21.7 Å².